The second-order valence-corrected chi connectivity index (χ2v) is 8.17. The van der Waals surface area contributed by atoms with Crippen LogP contribution >= 0.6 is 38.5 Å². The highest BCUT2D eigenvalue weighted by atomic mass is 127. The molecule has 14 heteroatoms. The van der Waals surface area contributed by atoms with Gasteiger partial charge in [0.15, 0.2) is 38.7 Å². The van der Waals surface area contributed by atoms with Crippen molar-refractivity contribution in [1.29, 1.82) is 0 Å². The van der Waals surface area contributed by atoms with Gasteiger partial charge in [-0.15, -0.1) is 0 Å². The SMILES string of the molecule is CC(=O)OC(Br)[C@H]1O[C@@H](n2cnc3c(N)nc(I)nc32)[C@H](OC(C)=O)[C@@H]1OC(C)=O. The van der Waals surface area contributed by atoms with Crippen LogP contribution in [0, 0.1) is 3.83 Å². The maximum atomic E-state index is 11.8. The number of aromatic nitrogens is 4. The zero-order valence-electron chi connectivity index (χ0n) is 15.9. The number of esters is 3. The third-order valence-electron chi connectivity index (χ3n) is 4.06. The van der Waals surface area contributed by atoms with E-state index in [0.717, 1.165) is 0 Å². The minimum Gasteiger partial charge on any atom is -0.455 e. The Balaban J connectivity index is 2.08. The van der Waals surface area contributed by atoms with Crippen LogP contribution in [-0.2, 0) is 33.3 Å². The first-order valence-electron chi connectivity index (χ1n) is 8.55. The van der Waals surface area contributed by atoms with E-state index in [9.17, 15) is 14.4 Å². The van der Waals surface area contributed by atoms with Crippen molar-refractivity contribution in [2.75, 3.05) is 5.73 Å². The monoisotopic (exact) mass is 597 g/mol. The zero-order chi connectivity index (χ0) is 22.2. The largest absolute Gasteiger partial charge is 0.455 e. The van der Waals surface area contributed by atoms with E-state index in [1.54, 1.807) is 0 Å². The quantitative estimate of drug-likeness (QED) is 0.173. The van der Waals surface area contributed by atoms with E-state index >= 15 is 0 Å². The second-order valence-electron chi connectivity index (χ2n) is 6.30. The van der Waals surface area contributed by atoms with Crippen LogP contribution in [0.25, 0.3) is 11.2 Å². The third-order valence-corrected chi connectivity index (χ3v) is 5.25. The van der Waals surface area contributed by atoms with Gasteiger partial charge in [0.1, 0.15) is 11.6 Å². The molecule has 0 radical (unpaired) electrons. The number of carbonyl (C=O) groups excluding carboxylic acids is 3. The Labute approximate surface area is 192 Å². The number of alkyl halides is 1. The summed E-state index contributed by atoms with van der Waals surface area (Å²) in [6.07, 6.45) is -2.78. The second kappa shape index (κ2) is 8.97. The molecule has 1 fully saturated rings. The van der Waals surface area contributed by atoms with Gasteiger partial charge in [-0.25, -0.2) is 15.0 Å². The summed E-state index contributed by atoms with van der Waals surface area (Å²) in [5, 5.41) is -0.989. The number of fused-ring (bicyclic) bond motifs is 1. The molecule has 0 saturated carbocycles. The topological polar surface area (TPSA) is 158 Å². The molecule has 0 aliphatic carbocycles. The zero-order valence-corrected chi connectivity index (χ0v) is 19.7. The normalized spacial score (nSPS) is 24.4. The summed E-state index contributed by atoms with van der Waals surface area (Å²) < 4.78 is 23.8. The molecule has 1 aliphatic heterocycles. The van der Waals surface area contributed by atoms with E-state index in [-0.39, 0.29) is 5.82 Å². The molecule has 12 nitrogen and oxygen atoms in total. The van der Waals surface area contributed by atoms with Crippen LogP contribution in [0.3, 0.4) is 0 Å². The molecule has 30 heavy (non-hydrogen) atoms. The van der Waals surface area contributed by atoms with Gasteiger partial charge in [0, 0.05) is 43.4 Å². The Hall–Kier alpha value is -2.07. The lowest BCUT2D eigenvalue weighted by Crippen LogP contribution is -2.42. The van der Waals surface area contributed by atoms with Crippen LogP contribution in [0.5, 0.6) is 0 Å². The molecule has 0 bridgehead atoms. The number of rotatable bonds is 5. The van der Waals surface area contributed by atoms with Crippen molar-refractivity contribution in [2.45, 2.75) is 50.3 Å². The molecule has 162 valence electrons. The molecule has 2 N–H and O–H groups in total. The average molecular weight is 598 g/mol. The van der Waals surface area contributed by atoms with Crippen molar-refractivity contribution in [1.82, 2.24) is 19.5 Å². The van der Waals surface area contributed by atoms with Crippen molar-refractivity contribution in [3.63, 3.8) is 0 Å². The predicted octanol–water partition coefficient (Wildman–Crippen LogP) is 1.06. The van der Waals surface area contributed by atoms with Gasteiger partial charge in [0.25, 0.3) is 0 Å². The first kappa shape index (κ1) is 22.6. The summed E-state index contributed by atoms with van der Waals surface area (Å²) in [5.41, 5.74) is 6.57. The summed E-state index contributed by atoms with van der Waals surface area (Å²) in [6, 6.07) is 0. The molecule has 0 amide bonds. The van der Waals surface area contributed by atoms with Crippen molar-refractivity contribution >= 4 is 73.4 Å². The first-order chi connectivity index (χ1) is 14.1. The number of carbonyl (C=O) groups is 3. The number of hydrogen-bond acceptors (Lipinski definition) is 11. The molecule has 0 aromatic carbocycles. The smallest absolute Gasteiger partial charge is 0.303 e. The fourth-order valence-corrected chi connectivity index (χ4v) is 4.24. The molecular weight excluding hydrogens is 581 g/mol. The summed E-state index contributed by atoms with van der Waals surface area (Å²) in [7, 11) is 0. The molecule has 3 rings (SSSR count). The maximum absolute atomic E-state index is 11.8. The van der Waals surface area contributed by atoms with Gasteiger partial charge in [-0.1, -0.05) is 0 Å². The third kappa shape index (κ3) is 4.64. The predicted molar refractivity (Wildman–Crippen MR) is 112 cm³/mol. The molecular formula is C16H17BrIN5O7. The van der Waals surface area contributed by atoms with Gasteiger partial charge in [0.05, 0.1) is 6.33 Å². The first-order valence-corrected chi connectivity index (χ1v) is 10.5. The Morgan fingerprint density at radius 3 is 2.40 bits per heavy atom. The van der Waals surface area contributed by atoms with E-state index in [0.29, 0.717) is 15.0 Å². The molecule has 2 aromatic rings. The van der Waals surface area contributed by atoms with Crippen LogP contribution < -0.4 is 5.73 Å². The molecule has 2 aromatic heterocycles. The molecule has 5 atom stereocenters. The van der Waals surface area contributed by atoms with Crippen LogP contribution in [-0.4, -0.2) is 60.8 Å². The van der Waals surface area contributed by atoms with E-state index in [1.165, 1.54) is 31.7 Å². The minimum atomic E-state index is -1.09. The lowest BCUT2D eigenvalue weighted by Gasteiger charge is -2.25. The fourth-order valence-electron chi connectivity index (χ4n) is 3.07. The summed E-state index contributed by atoms with van der Waals surface area (Å²) in [4.78, 5) is 47.5. The Bertz CT molecular complexity index is 1000. The Morgan fingerprint density at radius 1 is 1.17 bits per heavy atom. The standard InChI is InChI=1S/C16H17BrIN5O7/c1-5(24)27-9-10(12(17)29-7(3)26)30-15(11(9)28-6(2)25)23-4-20-8-13(19)21-16(18)22-14(8)23/h4,9-12,15H,1-3H3,(H2,19,21,22)/t9-,10+,11-,12?,15-/m1/s1. The van der Waals surface area contributed by atoms with Crippen molar-refractivity contribution in [3.05, 3.63) is 10.2 Å². The van der Waals surface area contributed by atoms with Crippen LogP contribution in [0.15, 0.2) is 6.33 Å². The van der Waals surface area contributed by atoms with Crippen molar-refractivity contribution in [3.8, 4) is 0 Å². The van der Waals surface area contributed by atoms with Crippen molar-refractivity contribution < 1.29 is 33.3 Å². The summed E-state index contributed by atoms with van der Waals surface area (Å²) >= 11 is 5.12. The number of halogens is 2. The van der Waals surface area contributed by atoms with E-state index < -0.39 is 47.5 Å². The number of imidazole rings is 1. The lowest BCUT2D eigenvalue weighted by molar-refractivity contribution is -0.166. The highest BCUT2D eigenvalue weighted by molar-refractivity contribution is 14.1. The summed E-state index contributed by atoms with van der Waals surface area (Å²) in [6.45, 7) is 3.63. The van der Waals surface area contributed by atoms with E-state index in [4.69, 9.17) is 24.7 Å². The van der Waals surface area contributed by atoms with E-state index in [1.807, 2.05) is 22.6 Å². The number of nitrogens with zero attached hydrogens (tertiary/aromatic N) is 4. The van der Waals surface area contributed by atoms with E-state index in [2.05, 4.69) is 30.9 Å². The number of anilines is 1. The lowest BCUT2D eigenvalue weighted by atomic mass is 10.1. The molecule has 1 unspecified atom stereocenters. The van der Waals surface area contributed by atoms with Gasteiger partial charge in [0.2, 0.25) is 0 Å². The summed E-state index contributed by atoms with van der Waals surface area (Å²) in [5.74, 6) is -1.68. The van der Waals surface area contributed by atoms with Gasteiger partial charge >= 0.3 is 17.9 Å². The number of ether oxygens (including phenoxy) is 4. The maximum Gasteiger partial charge on any atom is 0.303 e. The van der Waals surface area contributed by atoms with Crippen LogP contribution in [0.2, 0.25) is 0 Å². The van der Waals surface area contributed by atoms with Gasteiger partial charge < -0.3 is 24.7 Å². The Kier molecular flexibility index (Phi) is 6.76. The average Bonchev–Trinajstić information content (AvgIpc) is 3.16. The number of hydrogen-bond donors (Lipinski definition) is 1. The van der Waals surface area contributed by atoms with Gasteiger partial charge in [-0.2, -0.15) is 0 Å². The minimum absolute atomic E-state index is 0.163. The van der Waals surface area contributed by atoms with Crippen LogP contribution in [0.4, 0.5) is 5.82 Å². The molecule has 1 aliphatic rings. The van der Waals surface area contributed by atoms with Crippen LogP contribution in [0.1, 0.15) is 27.0 Å². The van der Waals surface area contributed by atoms with Gasteiger partial charge in [-0.05, 0) is 15.9 Å². The number of nitrogen functional groups attached to an aromatic ring is 1. The molecule has 3 heterocycles. The number of nitrogens with two attached hydrogens (primary N) is 1. The fraction of sp³-hybridized carbons (Fsp3) is 0.500. The highest BCUT2D eigenvalue weighted by Gasteiger charge is 2.53. The molecule has 0 spiro atoms. The Morgan fingerprint density at radius 2 is 1.80 bits per heavy atom. The van der Waals surface area contributed by atoms with Crippen molar-refractivity contribution in [2.24, 2.45) is 0 Å². The molecule has 1 saturated heterocycles. The highest BCUT2D eigenvalue weighted by Crippen LogP contribution is 2.39. The van der Waals surface area contributed by atoms with Gasteiger partial charge in [-0.3, -0.25) is 19.0 Å².